The first-order valence-corrected chi connectivity index (χ1v) is 23.4. The van der Waals surface area contributed by atoms with Crippen molar-refractivity contribution < 1.29 is 58.2 Å². The van der Waals surface area contributed by atoms with Crippen molar-refractivity contribution in [3.63, 3.8) is 0 Å². The SMILES string of the molecule is C=CCC1C=C(C)CC(C)CC(OC)C2OC(O)(C(=O)C(=O)N3CCCCC3C(=O)OC(C(C)=CC3CCC(O)(Cc4ccccc4)C(OC)C3)C(C)C(O)CC1=O)C(C)CC2OC. The highest BCUT2D eigenvalue weighted by molar-refractivity contribution is 6.39. The molecule has 3 aliphatic heterocycles. The van der Waals surface area contributed by atoms with E-state index in [1.54, 1.807) is 27.0 Å². The summed E-state index contributed by atoms with van der Waals surface area (Å²) in [6.07, 6.45) is 5.53. The van der Waals surface area contributed by atoms with E-state index in [-0.39, 0.29) is 43.4 Å². The van der Waals surface area contributed by atoms with E-state index in [2.05, 4.69) is 6.58 Å². The Hall–Kier alpha value is -3.56. The smallest absolute Gasteiger partial charge is 0.329 e. The fourth-order valence-corrected chi connectivity index (χ4v) is 10.7. The largest absolute Gasteiger partial charge is 0.456 e. The van der Waals surface area contributed by atoms with Gasteiger partial charge in [0.15, 0.2) is 0 Å². The van der Waals surface area contributed by atoms with Crippen LogP contribution in [0.15, 0.2) is 66.3 Å². The molecule has 1 amide bonds. The fourth-order valence-electron chi connectivity index (χ4n) is 10.7. The number of methoxy groups -OCH3 is 3. The zero-order chi connectivity index (χ0) is 46.9. The van der Waals surface area contributed by atoms with Gasteiger partial charge < -0.3 is 43.9 Å². The van der Waals surface area contributed by atoms with E-state index in [4.69, 9.17) is 23.7 Å². The maximum atomic E-state index is 14.5. The lowest BCUT2D eigenvalue weighted by Crippen LogP contribution is -2.64. The Kier molecular flexibility index (Phi) is 18.3. The number of piperidine rings is 1. The number of ether oxygens (including phenoxy) is 5. The van der Waals surface area contributed by atoms with Crippen molar-refractivity contribution in [2.24, 2.45) is 29.6 Å². The predicted molar refractivity (Wildman–Crippen MR) is 242 cm³/mol. The summed E-state index contributed by atoms with van der Waals surface area (Å²) in [4.78, 5) is 58.5. The number of amides is 1. The molecule has 13 heteroatoms. The summed E-state index contributed by atoms with van der Waals surface area (Å²) in [5.74, 6) is -7.93. The van der Waals surface area contributed by atoms with Crippen molar-refractivity contribution in [2.45, 2.75) is 166 Å². The predicted octanol–water partition coefficient (Wildman–Crippen LogP) is 6.25. The van der Waals surface area contributed by atoms with Gasteiger partial charge in [-0.1, -0.05) is 74.9 Å². The molecule has 3 N–H and O–H groups in total. The summed E-state index contributed by atoms with van der Waals surface area (Å²) in [5, 5.41) is 35.8. The summed E-state index contributed by atoms with van der Waals surface area (Å²) >= 11 is 0. The van der Waals surface area contributed by atoms with Gasteiger partial charge in [-0.15, -0.1) is 6.58 Å². The van der Waals surface area contributed by atoms with Crippen LogP contribution in [0.1, 0.15) is 111 Å². The topological polar surface area (TPSA) is 178 Å². The number of cyclic esters (lactones) is 1. The molecule has 4 aliphatic rings. The van der Waals surface area contributed by atoms with Gasteiger partial charge in [0.2, 0.25) is 5.79 Å². The Morgan fingerprint density at radius 1 is 0.938 bits per heavy atom. The van der Waals surface area contributed by atoms with Gasteiger partial charge in [0.1, 0.15) is 24.0 Å². The number of hydrogen-bond donors (Lipinski definition) is 3. The fraction of sp³-hybridized carbons (Fsp3) is 0.686. The Balaban J connectivity index is 1.51. The minimum atomic E-state index is -2.52. The summed E-state index contributed by atoms with van der Waals surface area (Å²) in [7, 11) is 4.65. The van der Waals surface area contributed by atoms with Crippen molar-refractivity contribution in [1.29, 1.82) is 0 Å². The number of carbonyl (C=O) groups excluding carboxylic acids is 4. The number of aliphatic hydroxyl groups is 3. The minimum absolute atomic E-state index is 0.0000634. The van der Waals surface area contributed by atoms with Crippen molar-refractivity contribution in [3.8, 4) is 0 Å². The number of nitrogens with zero attached hydrogens (tertiary/aromatic N) is 1. The highest BCUT2D eigenvalue weighted by Crippen LogP contribution is 2.41. The second-order valence-electron chi connectivity index (χ2n) is 19.4. The molecular formula is C51H75NO12. The summed E-state index contributed by atoms with van der Waals surface area (Å²) in [6, 6.07) is 8.63. The lowest BCUT2D eigenvalue weighted by Gasteiger charge is -2.47. The Labute approximate surface area is 380 Å². The first kappa shape index (κ1) is 51.4. The first-order chi connectivity index (χ1) is 30.4. The van der Waals surface area contributed by atoms with Crippen LogP contribution >= 0.6 is 0 Å². The van der Waals surface area contributed by atoms with E-state index >= 15 is 0 Å². The van der Waals surface area contributed by atoms with E-state index in [1.165, 1.54) is 19.1 Å². The molecule has 356 valence electrons. The van der Waals surface area contributed by atoms with Crippen LogP contribution in [-0.4, -0.2) is 126 Å². The van der Waals surface area contributed by atoms with Crippen molar-refractivity contribution in [2.75, 3.05) is 27.9 Å². The average Bonchev–Trinajstić information content (AvgIpc) is 3.27. The molecule has 5 rings (SSSR count). The third kappa shape index (κ3) is 12.1. The van der Waals surface area contributed by atoms with Crippen LogP contribution in [0.2, 0.25) is 0 Å². The summed E-state index contributed by atoms with van der Waals surface area (Å²) in [6.45, 7) is 13.2. The lowest BCUT2D eigenvalue weighted by molar-refractivity contribution is -0.302. The Morgan fingerprint density at radius 2 is 1.62 bits per heavy atom. The number of aliphatic hydroxyl groups excluding tert-OH is 1. The molecule has 0 spiro atoms. The third-order valence-corrected chi connectivity index (χ3v) is 14.5. The highest BCUT2D eigenvalue weighted by atomic mass is 16.7. The normalized spacial score (nSPS) is 38.1. The van der Waals surface area contributed by atoms with Crippen molar-refractivity contribution in [3.05, 3.63) is 71.8 Å². The maximum Gasteiger partial charge on any atom is 0.329 e. The number of benzene rings is 1. The number of carbonyl (C=O) groups is 4. The van der Waals surface area contributed by atoms with Gasteiger partial charge in [-0.2, -0.15) is 0 Å². The average molecular weight is 894 g/mol. The molecule has 64 heavy (non-hydrogen) atoms. The van der Waals surface area contributed by atoms with Gasteiger partial charge >= 0.3 is 5.97 Å². The van der Waals surface area contributed by atoms with Crippen LogP contribution in [0.25, 0.3) is 0 Å². The molecule has 3 fully saturated rings. The number of Topliss-reactive ketones (excluding diaryl/α,β-unsaturated/α-hetero) is 2. The Bertz CT molecular complexity index is 1830. The first-order valence-electron chi connectivity index (χ1n) is 23.4. The van der Waals surface area contributed by atoms with Gasteiger partial charge in [-0.3, -0.25) is 14.4 Å². The third-order valence-electron chi connectivity index (χ3n) is 14.5. The lowest BCUT2D eigenvalue weighted by atomic mass is 9.73. The van der Waals surface area contributed by atoms with Crippen molar-refractivity contribution >= 4 is 23.4 Å². The quantitative estimate of drug-likeness (QED) is 0.144. The molecule has 0 aromatic heterocycles. The number of rotatable bonds is 9. The zero-order valence-electron chi connectivity index (χ0n) is 39.4. The molecule has 14 atom stereocenters. The zero-order valence-corrected chi connectivity index (χ0v) is 39.4. The monoisotopic (exact) mass is 894 g/mol. The molecule has 0 radical (unpaired) electrons. The van der Waals surface area contributed by atoms with Crippen LogP contribution in [0.3, 0.4) is 0 Å². The Morgan fingerprint density at radius 3 is 2.28 bits per heavy atom. The molecule has 13 nitrogen and oxygen atoms in total. The van der Waals surface area contributed by atoms with Gasteiger partial charge in [0.05, 0.1) is 30.0 Å². The highest BCUT2D eigenvalue weighted by Gasteiger charge is 2.56. The molecule has 1 aromatic rings. The van der Waals surface area contributed by atoms with Gasteiger partial charge in [0, 0.05) is 58.5 Å². The summed E-state index contributed by atoms with van der Waals surface area (Å²) < 4.78 is 30.3. The van der Waals surface area contributed by atoms with Gasteiger partial charge in [-0.25, -0.2) is 4.79 Å². The van der Waals surface area contributed by atoms with Crippen LogP contribution in [0.5, 0.6) is 0 Å². The van der Waals surface area contributed by atoms with Crippen LogP contribution in [-0.2, 0) is 49.3 Å². The van der Waals surface area contributed by atoms with E-state index < -0.39 is 89.5 Å². The maximum absolute atomic E-state index is 14.5. The van der Waals surface area contributed by atoms with Crippen LogP contribution < -0.4 is 0 Å². The molecule has 2 bridgehead atoms. The molecule has 1 aromatic carbocycles. The number of ketones is 2. The second kappa shape index (κ2) is 22.8. The van der Waals surface area contributed by atoms with E-state index in [0.29, 0.717) is 63.4 Å². The second-order valence-corrected chi connectivity index (χ2v) is 19.4. The molecular weight excluding hydrogens is 819 g/mol. The van der Waals surface area contributed by atoms with E-state index in [9.17, 15) is 34.5 Å². The van der Waals surface area contributed by atoms with Gasteiger partial charge in [0.25, 0.3) is 11.7 Å². The molecule has 2 saturated heterocycles. The molecule has 3 heterocycles. The van der Waals surface area contributed by atoms with E-state index in [1.807, 2.05) is 63.3 Å². The molecule has 14 unspecified atom stereocenters. The van der Waals surface area contributed by atoms with Gasteiger partial charge in [-0.05, 0) is 101 Å². The molecule has 1 saturated carbocycles. The van der Waals surface area contributed by atoms with Crippen molar-refractivity contribution in [1.82, 2.24) is 4.90 Å². The number of allylic oxidation sites excluding steroid dienone is 4. The summed E-state index contributed by atoms with van der Waals surface area (Å²) in [5.41, 5.74) is 1.51. The van der Waals surface area contributed by atoms with E-state index in [0.717, 1.165) is 11.1 Å². The number of esters is 1. The number of hydrogen-bond acceptors (Lipinski definition) is 12. The van der Waals surface area contributed by atoms with Crippen LogP contribution in [0.4, 0.5) is 0 Å². The molecule has 1 aliphatic carbocycles. The van der Waals surface area contributed by atoms with Crippen LogP contribution in [0, 0.1) is 29.6 Å². The number of fused-ring (bicyclic) bond motifs is 3. The minimum Gasteiger partial charge on any atom is -0.456 e. The standard InChI is InChI=1S/C51H75NO12/c1-10-16-38-24-31(2)23-32(3)25-42(60-7)46-43(61-8)27-34(5)51(59,64-46)47(55)48(56)52-22-15-14-19-39(52)49(57)63-45(35(6)40(53)29-41(38)54)33(4)26-37-20-21-50(58,44(28-37)62-9)30-36-17-12-11-13-18-36/h10-13,17-18,24,26,32,34-35,37-40,42-46,53,58-59H,1,14-16,19-23,25,27-30H2,2-9H3.